The number of methoxy groups -OCH3 is 1. The molecule has 1 aromatic rings. The molecule has 0 bridgehead atoms. The van der Waals surface area contributed by atoms with Crippen molar-refractivity contribution in [1.82, 2.24) is 0 Å². The molecule has 0 aromatic heterocycles. The van der Waals surface area contributed by atoms with Crippen LogP contribution >= 0.6 is 0 Å². The van der Waals surface area contributed by atoms with Crippen molar-refractivity contribution in [1.29, 1.82) is 0 Å². The van der Waals surface area contributed by atoms with E-state index in [2.05, 4.69) is 6.92 Å². The topological polar surface area (TPSA) is 49.7 Å². The van der Waals surface area contributed by atoms with Crippen LogP contribution in [-0.2, 0) is 6.42 Å². The van der Waals surface area contributed by atoms with E-state index in [9.17, 15) is 10.2 Å². The molecular formula is C11H16O3. The van der Waals surface area contributed by atoms with Gasteiger partial charge in [0.15, 0.2) is 11.5 Å². The number of hydrogen-bond acceptors (Lipinski definition) is 3. The Balaban J connectivity index is 2.98. The van der Waals surface area contributed by atoms with Crippen molar-refractivity contribution >= 4 is 0 Å². The number of unbranched alkanes of at least 4 members (excludes halogenated alkanes) is 1. The standard InChI is InChI=1S/C11H16O3/c1-3-4-5-8-6-7-9(12)10(13)11(8)14-2/h6-7,12-13H,3-5H2,1-2H3. The van der Waals surface area contributed by atoms with Crippen LogP contribution in [-0.4, -0.2) is 17.3 Å². The molecule has 0 atom stereocenters. The van der Waals surface area contributed by atoms with E-state index in [4.69, 9.17) is 4.74 Å². The zero-order valence-corrected chi connectivity index (χ0v) is 8.58. The molecule has 0 aliphatic carbocycles. The van der Waals surface area contributed by atoms with Gasteiger partial charge >= 0.3 is 0 Å². The molecule has 78 valence electrons. The van der Waals surface area contributed by atoms with Crippen LogP contribution in [0, 0.1) is 0 Å². The molecule has 0 saturated carbocycles. The van der Waals surface area contributed by atoms with Crippen LogP contribution in [0.25, 0.3) is 0 Å². The van der Waals surface area contributed by atoms with Crippen molar-refractivity contribution in [3.63, 3.8) is 0 Å². The van der Waals surface area contributed by atoms with Gasteiger partial charge in [-0.2, -0.15) is 0 Å². The average molecular weight is 196 g/mol. The molecule has 0 fully saturated rings. The van der Waals surface area contributed by atoms with Crippen LogP contribution in [0.1, 0.15) is 25.3 Å². The maximum atomic E-state index is 9.50. The highest BCUT2D eigenvalue weighted by molar-refractivity contribution is 5.54. The Morgan fingerprint density at radius 1 is 1.29 bits per heavy atom. The predicted molar refractivity (Wildman–Crippen MR) is 54.9 cm³/mol. The van der Waals surface area contributed by atoms with Crippen molar-refractivity contribution < 1.29 is 14.9 Å². The Hall–Kier alpha value is -1.38. The Labute approximate surface area is 84.0 Å². The van der Waals surface area contributed by atoms with E-state index in [0.717, 1.165) is 24.8 Å². The number of benzene rings is 1. The molecule has 0 aliphatic heterocycles. The van der Waals surface area contributed by atoms with Gasteiger partial charge in [-0.05, 0) is 24.5 Å². The van der Waals surface area contributed by atoms with E-state index in [1.807, 2.05) is 0 Å². The molecular weight excluding hydrogens is 180 g/mol. The minimum atomic E-state index is -0.166. The molecule has 0 radical (unpaired) electrons. The van der Waals surface area contributed by atoms with Gasteiger partial charge in [-0.1, -0.05) is 19.4 Å². The molecule has 0 aliphatic rings. The van der Waals surface area contributed by atoms with Gasteiger partial charge in [0.25, 0.3) is 0 Å². The second-order valence-electron chi connectivity index (χ2n) is 3.23. The third kappa shape index (κ3) is 2.10. The molecule has 0 saturated heterocycles. The van der Waals surface area contributed by atoms with Crippen LogP contribution in [0.2, 0.25) is 0 Å². The highest BCUT2D eigenvalue weighted by Crippen LogP contribution is 2.38. The van der Waals surface area contributed by atoms with Gasteiger partial charge in [0.2, 0.25) is 5.75 Å². The number of rotatable bonds is 4. The Bertz CT molecular complexity index is 308. The van der Waals surface area contributed by atoms with Crippen molar-refractivity contribution in [2.45, 2.75) is 26.2 Å². The fraction of sp³-hybridized carbons (Fsp3) is 0.455. The molecule has 0 heterocycles. The summed E-state index contributed by atoms with van der Waals surface area (Å²) in [5.74, 6) is 0.0849. The van der Waals surface area contributed by atoms with Gasteiger partial charge in [0, 0.05) is 0 Å². The highest BCUT2D eigenvalue weighted by atomic mass is 16.5. The van der Waals surface area contributed by atoms with Crippen molar-refractivity contribution in [3.8, 4) is 17.2 Å². The number of ether oxygens (including phenoxy) is 1. The molecule has 0 amide bonds. The zero-order chi connectivity index (χ0) is 10.6. The summed E-state index contributed by atoms with van der Waals surface area (Å²) in [6.45, 7) is 2.10. The average Bonchev–Trinajstić information content (AvgIpc) is 2.20. The van der Waals surface area contributed by atoms with Gasteiger partial charge in [-0.3, -0.25) is 0 Å². The zero-order valence-electron chi connectivity index (χ0n) is 8.58. The Morgan fingerprint density at radius 3 is 2.57 bits per heavy atom. The minimum absolute atomic E-state index is 0.137. The largest absolute Gasteiger partial charge is 0.504 e. The van der Waals surface area contributed by atoms with Gasteiger partial charge in [0.05, 0.1) is 7.11 Å². The van der Waals surface area contributed by atoms with E-state index in [1.54, 1.807) is 6.07 Å². The number of hydrogen-bond donors (Lipinski definition) is 2. The lowest BCUT2D eigenvalue weighted by molar-refractivity contribution is 0.347. The summed E-state index contributed by atoms with van der Waals surface area (Å²) < 4.78 is 5.04. The summed E-state index contributed by atoms with van der Waals surface area (Å²) in [4.78, 5) is 0. The lowest BCUT2D eigenvalue weighted by Crippen LogP contribution is -1.92. The lowest BCUT2D eigenvalue weighted by Gasteiger charge is -2.10. The number of phenols is 2. The Kier molecular flexibility index (Phi) is 3.63. The van der Waals surface area contributed by atoms with E-state index in [0.29, 0.717) is 5.75 Å². The second kappa shape index (κ2) is 4.74. The first-order valence-electron chi connectivity index (χ1n) is 4.78. The van der Waals surface area contributed by atoms with E-state index in [1.165, 1.54) is 13.2 Å². The molecule has 3 nitrogen and oxygen atoms in total. The molecule has 0 spiro atoms. The first-order chi connectivity index (χ1) is 6.70. The van der Waals surface area contributed by atoms with Crippen molar-refractivity contribution in [2.24, 2.45) is 0 Å². The molecule has 3 heteroatoms. The maximum absolute atomic E-state index is 9.50. The summed E-state index contributed by atoms with van der Waals surface area (Å²) in [6.07, 6.45) is 2.99. The fourth-order valence-electron chi connectivity index (χ4n) is 1.39. The van der Waals surface area contributed by atoms with Gasteiger partial charge < -0.3 is 14.9 Å². The van der Waals surface area contributed by atoms with Crippen LogP contribution in [0.4, 0.5) is 0 Å². The summed E-state index contributed by atoms with van der Waals surface area (Å²) >= 11 is 0. The van der Waals surface area contributed by atoms with Crippen LogP contribution < -0.4 is 4.74 Å². The maximum Gasteiger partial charge on any atom is 0.200 e. The first kappa shape index (κ1) is 10.7. The highest BCUT2D eigenvalue weighted by Gasteiger charge is 2.11. The Morgan fingerprint density at radius 2 is 2.00 bits per heavy atom. The monoisotopic (exact) mass is 196 g/mol. The van der Waals surface area contributed by atoms with E-state index in [-0.39, 0.29) is 11.5 Å². The number of aromatic hydroxyl groups is 2. The SMILES string of the molecule is CCCCc1ccc(O)c(O)c1OC. The lowest BCUT2D eigenvalue weighted by atomic mass is 10.1. The predicted octanol–water partition coefficient (Wildman–Crippen LogP) is 2.45. The molecule has 1 rings (SSSR count). The van der Waals surface area contributed by atoms with Crippen LogP contribution in [0.15, 0.2) is 12.1 Å². The quantitative estimate of drug-likeness (QED) is 0.727. The summed E-state index contributed by atoms with van der Waals surface area (Å²) in [6, 6.07) is 3.27. The first-order valence-corrected chi connectivity index (χ1v) is 4.78. The smallest absolute Gasteiger partial charge is 0.200 e. The molecule has 0 unspecified atom stereocenters. The minimum Gasteiger partial charge on any atom is -0.504 e. The van der Waals surface area contributed by atoms with E-state index < -0.39 is 0 Å². The van der Waals surface area contributed by atoms with Gasteiger partial charge in [-0.15, -0.1) is 0 Å². The van der Waals surface area contributed by atoms with Gasteiger partial charge in [-0.25, -0.2) is 0 Å². The number of aryl methyl sites for hydroxylation is 1. The van der Waals surface area contributed by atoms with Crippen molar-refractivity contribution in [3.05, 3.63) is 17.7 Å². The summed E-state index contributed by atoms with van der Waals surface area (Å²) in [5, 5.41) is 18.8. The molecule has 14 heavy (non-hydrogen) atoms. The normalized spacial score (nSPS) is 10.1. The van der Waals surface area contributed by atoms with E-state index >= 15 is 0 Å². The summed E-state index contributed by atoms with van der Waals surface area (Å²) in [5.41, 5.74) is 0.935. The molecule has 1 aromatic carbocycles. The third-order valence-electron chi connectivity index (χ3n) is 2.20. The number of phenolic OH excluding ortho intramolecular Hbond substituents is 2. The third-order valence-corrected chi connectivity index (χ3v) is 2.20. The second-order valence-corrected chi connectivity index (χ2v) is 3.23. The summed E-state index contributed by atoms with van der Waals surface area (Å²) in [7, 11) is 1.49. The molecule has 2 N–H and O–H groups in total. The van der Waals surface area contributed by atoms with Crippen LogP contribution in [0.3, 0.4) is 0 Å². The van der Waals surface area contributed by atoms with Crippen LogP contribution in [0.5, 0.6) is 17.2 Å². The van der Waals surface area contributed by atoms with Gasteiger partial charge in [0.1, 0.15) is 0 Å². The van der Waals surface area contributed by atoms with Crippen molar-refractivity contribution in [2.75, 3.05) is 7.11 Å². The fourth-order valence-corrected chi connectivity index (χ4v) is 1.39.